The van der Waals surface area contributed by atoms with Crippen LogP contribution in [0.5, 0.6) is 5.75 Å². The first-order valence-corrected chi connectivity index (χ1v) is 8.08. The summed E-state index contributed by atoms with van der Waals surface area (Å²) >= 11 is 0. The highest BCUT2D eigenvalue weighted by atomic mass is 16.5. The Morgan fingerprint density at radius 3 is 2.75 bits per heavy atom. The van der Waals surface area contributed by atoms with E-state index in [1.807, 2.05) is 38.1 Å². The van der Waals surface area contributed by atoms with Crippen molar-refractivity contribution in [3.8, 4) is 5.75 Å². The molecule has 0 fully saturated rings. The van der Waals surface area contributed by atoms with Crippen LogP contribution in [0.15, 0.2) is 40.2 Å². The maximum Gasteiger partial charge on any atom is 0.252 e. The normalized spacial score (nSPS) is 11.4. The van der Waals surface area contributed by atoms with Crippen molar-refractivity contribution in [3.05, 3.63) is 51.9 Å². The molecule has 128 valence electrons. The van der Waals surface area contributed by atoms with Gasteiger partial charge in [-0.2, -0.15) is 5.10 Å². The molecule has 0 bridgehead atoms. The van der Waals surface area contributed by atoms with Gasteiger partial charge in [0.15, 0.2) is 0 Å². The number of nitrogens with one attached hydrogen (secondary N) is 2. The molecule has 0 unspecified atom stereocenters. The second kappa shape index (κ2) is 8.29. The van der Waals surface area contributed by atoms with Crippen LogP contribution in [-0.4, -0.2) is 22.8 Å². The van der Waals surface area contributed by atoms with Crippen molar-refractivity contribution in [2.24, 2.45) is 11.0 Å². The molecule has 0 aliphatic heterocycles. The molecule has 0 aliphatic rings. The molecule has 0 aliphatic carbocycles. The monoisotopic (exact) mass is 328 g/mol. The first-order chi connectivity index (χ1) is 11.5. The van der Waals surface area contributed by atoms with E-state index < -0.39 is 0 Å². The molecule has 0 radical (unpaired) electrons. The lowest BCUT2D eigenvalue weighted by atomic mass is 10.1. The topological polar surface area (TPSA) is 79.4 Å². The van der Waals surface area contributed by atoms with E-state index in [0.717, 1.165) is 17.0 Å². The number of hydrazone groups is 1. The largest absolute Gasteiger partial charge is 0.493 e. The minimum absolute atomic E-state index is 0.169. The quantitative estimate of drug-likeness (QED) is 0.603. The first-order valence-electron chi connectivity index (χ1n) is 8.08. The Kier molecular flexibility index (Phi) is 6.12. The molecular formula is C18H24N4O2. The average molecular weight is 328 g/mol. The second-order valence-electron chi connectivity index (χ2n) is 6.29. The molecule has 1 aromatic carbocycles. The van der Waals surface area contributed by atoms with Gasteiger partial charge < -0.3 is 4.74 Å². The molecule has 0 amide bonds. The summed E-state index contributed by atoms with van der Waals surface area (Å²) in [6.45, 7) is 8.81. The molecule has 24 heavy (non-hydrogen) atoms. The highest BCUT2D eigenvalue weighted by molar-refractivity contribution is 5.83. The van der Waals surface area contributed by atoms with E-state index in [4.69, 9.17) is 4.74 Å². The lowest BCUT2D eigenvalue weighted by Crippen LogP contribution is -2.12. The molecule has 6 nitrogen and oxygen atoms in total. The number of H-pyrrole nitrogens is 1. The summed E-state index contributed by atoms with van der Waals surface area (Å²) in [6.07, 6.45) is 1.65. The molecular weight excluding hydrogens is 304 g/mol. The summed E-state index contributed by atoms with van der Waals surface area (Å²) in [4.78, 5) is 18.6. The number of aromatic amines is 1. The SMILES string of the molecule is CC(C)COc1ccccc1/C=N\Nc1nc(C(C)C)cc(=O)[nH]1. The maximum atomic E-state index is 11.6. The van der Waals surface area contributed by atoms with E-state index in [1.165, 1.54) is 6.07 Å². The van der Waals surface area contributed by atoms with Gasteiger partial charge in [-0.25, -0.2) is 10.4 Å². The lowest BCUT2D eigenvalue weighted by Gasteiger charge is -2.10. The van der Waals surface area contributed by atoms with Crippen LogP contribution in [0.1, 0.15) is 44.9 Å². The first kappa shape index (κ1) is 17.7. The number of aromatic nitrogens is 2. The van der Waals surface area contributed by atoms with Gasteiger partial charge in [0, 0.05) is 11.6 Å². The number of nitrogens with zero attached hydrogens (tertiary/aromatic N) is 2. The Morgan fingerprint density at radius 2 is 2.04 bits per heavy atom. The summed E-state index contributed by atoms with van der Waals surface area (Å²) in [5.74, 6) is 1.71. The van der Waals surface area contributed by atoms with Crippen molar-refractivity contribution < 1.29 is 4.74 Å². The Bertz CT molecular complexity index is 751. The van der Waals surface area contributed by atoms with Gasteiger partial charge in [0.1, 0.15) is 5.75 Å². The van der Waals surface area contributed by atoms with Gasteiger partial charge in [-0.15, -0.1) is 0 Å². The molecule has 0 saturated carbocycles. The number of rotatable bonds is 7. The zero-order valence-corrected chi connectivity index (χ0v) is 14.5. The van der Waals surface area contributed by atoms with E-state index in [2.05, 4.69) is 34.3 Å². The third-order valence-electron chi connectivity index (χ3n) is 3.22. The van der Waals surface area contributed by atoms with E-state index >= 15 is 0 Å². The highest BCUT2D eigenvalue weighted by Gasteiger charge is 2.05. The molecule has 6 heteroatoms. The number of anilines is 1. The van der Waals surface area contributed by atoms with Crippen molar-refractivity contribution in [1.29, 1.82) is 0 Å². The fourth-order valence-electron chi connectivity index (χ4n) is 1.96. The highest BCUT2D eigenvalue weighted by Crippen LogP contribution is 2.17. The number of hydrogen-bond acceptors (Lipinski definition) is 5. The van der Waals surface area contributed by atoms with Crippen molar-refractivity contribution in [3.63, 3.8) is 0 Å². The number of benzene rings is 1. The summed E-state index contributed by atoms with van der Waals surface area (Å²) < 4.78 is 5.78. The summed E-state index contributed by atoms with van der Waals surface area (Å²) in [5.41, 5.74) is 4.14. The molecule has 1 aromatic heterocycles. The van der Waals surface area contributed by atoms with Gasteiger partial charge in [-0.1, -0.05) is 39.8 Å². The van der Waals surface area contributed by atoms with Crippen LogP contribution < -0.4 is 15.7 Å². The Balaban J connectivity index is 2.11. The van der Waals surface area contributed by atoms with E-state index in [1.54, 1.807) is 6.21 Å². The fourth-order valence-corrected chi connectivity index (χ4v) is 1.96. The molecule has 0 spiro atoms. The van der Waals surface area contributed by atoms with Crippen LogP contribution in [0.25, 0.3) is 0 Å². The number of hydrogen-bond donors (Lipinski definition) is 2. The third kappa shape index (κ3) is 5.22. The molecule has 2 rings (SSSR count). The Morgan fingerprint density at radius 1 is 1.29 bits per heavy atom. The number of para-hydroxylation sites is 1. The van der Waals surface area contributed by atoms with E-state index in [9.17, 15) is 4.79 Å². The third-order valence-corrected chi connectivity index (χ3v) is 3.22. The minimum atomic E-state index is -0.202. The van der Waals surface area contributed by atoms with Gasteiger partial charge in [0.25, 0.3) is 5.56 Å². The van der Waals surface area contributed by atoms with Crippen LogP contribution in [0.3, 0.4) is 0 Å². The molecule has 2 aromatic rings. The van der Waals surface area contributed by atoms with E-state index in [0.29, 0.717) is 18.5 Å². The van der Waals surface area contributed by atoms with Crippen LogP contribution in [0.2, 0.25) is 0 Å². The van der Waals surface area contributed by atoms with Crippen LogP contribution in [0.4, 0.5) is 5.95 Å². The second-order valence-corrected chi connectivity index (χ2v) is 6.29. The smallest absolute Gasteiger partial charge is 0.252 e. The summed E-state index contributed by atoms with van der Waals surface area (Å²) in [7, 11) is 0. The molecule has 0 atom stereocenters. The van der Waals surface area contributed by atoms with Crippen molar-refractivity contribution in [2.75, 3.05) is 12.0 Å². The summed E-state index contributed by atoms with van der Waals surface area (Å²) in [5, 5.41) is 4.15. The van der Waals surface area contributed by atoms with Crippen LogP contribution >= 0.6 is 0 Å². The zero-order chi connectivity index (χ0) is 17.5. The molecule has 0 saturated heterocycles. The molecule has 2 N–H and O–H groups in total. The average Bonchev–Trinajstić information content (AvgIpc) is 2.53. The van der Waals surface area contributed by atoms with Crippen molar-refractivity contribution in [2.45, 2.75) is 33.6 Å². The predicted octanol–water partition coefficient (Wildman–Crippen LogP) is 3.37. The number of ether oxygens (including phenoxy) is 1. The van der Waals surface area contributed by atoms with Crippen LogP contribution in [-0.2, 0) is 0 Å². The van der Waals surface area contributed by atoms with Crippen molar-refractivity contribution >= 4 is 12.2 Å². The van der Waals surface area contributed by atoms with Gasteiger partial charge in [-0.3, -0.25) is 9.78 Å². The fraction of sp³-hybridized carbons (Fsp3) is 0.389. The minimum Gasteiger partial charge on any atom is -0.493 e. The zero-order valence-electron chi connectivity index (χ0n) is 14.5. The van der Waals surface area contributed by atoms with Crippen LogP contribution in [0, 0.1) is 5.92 Å². The predicted molar refractivity (Wildman–Crippen MR) is 96.9 cm³/mol. The Hall–Kier alpha value is -2.63. The van der Waals surface area contributed by atoms with Gasteiger partial charge >= 0.3 is 0 Å². The summed E-state index contributed by atoms with van der Waals surface area (Å²) in [6, 6.07) is 9.16. The van der Waals surface area contributed by atoms with Gasteiger partial charge in [0.05, 0.1) is 18.5 Å². The van der Waals surface area contributed by atoms with Crippen molar-refractivity contribution in [1.82, 2.24) is 9.97 Å². The van der Waals surface area contributed by atoms with E-state index in [-0.39, 0.29) is 11.5 Å². The lowest BCUT2D eigenvalue weighted by molar-refractivity contribution is 0.271. The maximum absolute atomic E-state index is 11.6. The molecule has 1 heterocycles. The van der Waals surface area contributed by atoms with Gasteiger partial charge in [-0.05, 0) is 24.0 Å². The standard InChI is InChI=1S/C18H24N4O2/c1-12(2)11-24-16-8-6-5-7-14(16)10-19-22-18-20-15(13(3)4)9-17(23)21-18/h5-10,12-13H,11H2,1-4H3,(H2,20,21,22,23)/b19-10-. The van der Waals surface area contributed by atoms with Gasteiger partial charge in [0.2, 0.25) is 5.95 Å². The Labute approximate surface area is 142 Å².